The van der Waals surface area contributed by atoms with E-state index in [1.165, 1.54) is 9.80 Å². The molecule has 0 aromatic carbocycles. The van der Waals surface area contributed by atoms with Crippen LogP contribution in [0, 0.1) is 0 Å². The van der Waals surface area contributed by atoms with E-state index in [1.807, 2.05) is 0 Å². The number of carboxylic acid groups (broad SMARTS) is 3. The van der Waals surface area contributed by atoms with E-state index in [4.69, 9.17) is 24.9 Å². The Balaban J connectivity index is 0. The summed E-state index contributed by atoms with van der Waals surface area (Å²) in [7, 11) is 1.56. The van der Waals surface area contributed by atoms with Crippen LogP contribution in [0.3, 0.4) is 0 Å². The Hall–Kier alpha value is -2.29. The molecule has 0 aliphatic carbocycles. The predicted octanol–water partition coefficient (Wildman–Crippen LogP) is -2.11. The Bertz CT molecular complexity index is 348. The predicted molar refractivity (Wildman–Crippen MR) is 61.9 cm³/mol. The van der Waals surface area contributed by atoms with Crippen LogP contribution < -0.4 is 0 Å². The van der Waals surface area contributed by atoms with Crippen LogP contribution in [0.2, 0.25) is 0 Å². The second-order valence-electron chi connectivity index (χ2n) is 3.71. The highest BCUT2D eigenvalue weighted by molar-refractivity contribution is 5.72. The minimum absolute atomic E-state index is 0.173. The summed E-state index contributed by atoms with van der Waals surface area (Å²) in [5, 5.41) is 25.6. The number of carbonyl (C=O) groups is 3. The van der Waals surface area contributed by atoms with Gasteiger partial charge in [-0.25, -0.2) is 0 Å². The summed E-state index contributed by atoms with van der Waals surface area (Å²) in [6.45, 7) is -0.469. The van der Waals surface area contributed by atoms with Crippen LogP contribution >= 0.6 is 0 Å². The van der Waals surface area contributed by atoms with Crippen LogP contribution in [0.1, 0.15) is 0 Å². The van der Waals surface area contributed by atoms with Crippen molar-refractivity contribution in [3.8, 4) is 0 Å². The molecular formula is C10H16N2O8. The summed E-state index contributed by atoms with van der Waals surface area (Å²) in [6.07, 6.45) is 0.250. The van der Waals surface area contributed by atoms with Gasteiger partial charge in [0, 0.05) is 13.1 Å². The van der Waals surface area contributed by atoms with Crippen molar-refractivity contribution in [1.82, 2.24) is 9.80 Å². The van der Waals surface area contributed by atoms with Gasteiger partial charge in [0.15, 0.2) is 0 Å². The Morgan fingerprint density at radius 3 is 1.50 bits per heavy atom. The zero-order chi connectivity index (χ0) is 16.1. The topological polar surface area (TPSA) is 153 Å². The molecule has 0 spiro atoms. The first-order valence-electron chi connectivity index (χ1n) is 5.28. The minimum atomic E-state index is -1.12. The lowest BCUT2D eigenvalue weighted by Crippen LogP contribution is -2.40. The number of nitrogens with zero attached hydrogens (tertiary/aromatic N) is 2. The summed E-state index contributed by atoms with van der Waals surface area (Å²) in [5.41, 5.74) is 0. The van der Waals surface area contributed by atoms with E-state index in [9.17, 15) is 14.4 Å². The quantitative estimate of drug-likeness (QED) is 0.430. The molecule has 0 radical (unpaired) electrons. The first kappa shape index (κ1) is 20.0. The molecule has 0 aliphatic heterocycles. The maximum absolute atomic E-state index is 10.5. The van der Waals surface area contributed by atoms with Gasteiger partial charge >= 0.3 is 24.1 Å². The highest BCUT2D eigenvalue weighted by Gasteiger charge is 2.14. The highest BCUT2D eigenvalue weighted by Crippen LogP contribution is 1.91. The van der Waals surface area contributed by atoms with Gasteiger partial charge in [0.05, 0.1) is 19.6 Å². The normalized spacial score (nSPS) is 9.55. The molecule has 0 fully saturated rings. The number of hydrogen-bond donors (Lipinski definition) is 3. The van der Waals surface area contributed by atoms with Gasteiger partial charge in [-0.2, -0.15) is 9.59 Å². The van der Waals surface area contributed by atoms with Gasteiger partial charge in [-0.15, -0.1) is 0 Å². The van der Waals surface area contributed by atoms with Crippen molar-refractivity contribution in [2.75, 3.05) is 39.8 Å². The van der Waals surface area contributed by atoms with Crippen molar-refractivity contribution in [3.05, 3.63) is 0 Å². The third-order valence-corrected chi connectivity index (χ3v) is 1.92. The standard InChI is InChI=1S/C9H16N2O6.CO2/c1-10(4-7(12)13)2-3-11(5-8(14)15)6-9(16)17;2-1-3/h2-6H2,1H3,(H,12,13)(H,14,15)(H,16,17);. The molecule has 20 heavy (non-hydrogen) atoms. The Labute approximate surface area is 114 Å². The average Bonchev–Trinajstić information content (AvgIpc) is 2.24. The summed E-state index contributed by atoms with van der Waals surface area (Å²) < 4.78 is 0. The summed E-state index contributed by atoms with van der Waals surface area (Å²) in [5.74, 6) is -3.23. The lowest BCUT2D eigenvalue weighted by Gasteiger charge is -2.21. The molecule has 0 aromatic heterocycles. The molecular weight excluding hydrogens is 276 g/mol. The fourth-order valence-electron chi connectivity index (χ4n) is 1.22. The second kappa shape index (κ2) is 11.8. The van der Waals surface area contributed by atoms with Gasteiger partial charge in [-0.1, -0.05) is 0 Å². The Morgan fingerprint density at radius 2 is 1.20 bits per heavy atom. The SMILES string of the molecule is CN(CCN(CC(=O)O)CC(=O)O)CC(=O)O.O=C=O. The third-order valence-electron chi connectivity index (χ3n) is 1.92. The monoisotopic (exact) mass is 292 g/mol. The molecule has 10 nitrogen and oxygen atoms in total. The molecule has 0 aromatic rings. The van der Waals surface area contributed by atoms with Crippen molar-refractivity contribution >= 4 is 24.1 Å². The highest BCUT2D eigenvalue weighted by atomic mass is 16.4. The first-order chi connectivity index (χ1) is 9.22. The van der Waals surface area contributed by atoms with Crippen molar-refractivity contribution in [2.45, 2.75) is 0 Å². The van der Waals surface area contributed by atoms with E-state index in [-0.39, 0.29) is 38.9 Å². The maximum Gasteiger partial charge on any atom is 0.373 e. The van der Waals surface area contributed by atoms with Gasteiger partial charge in [0.1, 0.15) is 0 Å². The molecule has 0 saturated heterocycles. The van der Waals surface area contributed by atoms with Gasteiger partial charge < -0.3 is 15.3 Å². The lowest BCUT2D eigenvalue weighted by atomic mass is 10.4. The zero-order valence-corrected chi connectivity index (χ0v) is 10.8. The number of hydrogen-bond acceptors (Lipinski definition) is 7. The van der Waals surface area contributed by atoms with E-state index in [0.717, 1.165) is 0 Å². The van der Waals surface area contributed by atoms with Gasteiger partial charge in [-0.3, -0.25) is 24.2 Å². The molecule has 0 rings (SSSR count). The van der Waals surface area contributed by atoms with Gasteiger partial charge in [0.2, 0.25) is 0 Å². The third kappa shape index (κ3) is 15.7. The number of carboxylic acids is 3. The fourth-order valence-corrected chi connectivity index (χ4v) is 1.22. The van der Waals surface area contributed by atoms with Crippen LogP contribution in [-0.4, -0.2) is 89.0 Å². The summed E-state index contributed by atoms with van der Waals surface area (Å²) in [4.78, 5) is 50.3. The van der Waals surface area contributed by atoms with Gasteiger partial charge in [-0.05, 0) is 7.05 Å². The van der Waals surface area contributed by atoms with E-state index in [2.05, 4.69) is 0 Å². The smallest absolute Gasteiger partial charge is 0.373 e. The van der Waals surface area contributed by atoms with Crippen LogP contribution in [0.25, 0.3) is 0 Å². The molecule has 10 heteroatoms. The van der Waals surface area contributed by atoms with E-state index in [1.54, 1.807) is 7.05 Å². The minimum Gasteiger partial charge on any atom is -0.480 e. The van der Waals surface area contributed by atoms with Gasteiger partial charge in [0.25, 0.3) is 0 Å². The van der Waals surface area contributed by atoms with Crippen molar-refractivity contribution < 1.29 is 39.3 Å². The van der Waals surface area contributed by atoms with E-state index < -0.39 is 17.9 Å². The number of likely N-dealkylation sites (N-methyl/N-ethyl adjacent to an activating group) is 1. The Morgan fingerprint density at radius 1 is 0.850 bits per heavy atom. The Kier molecular flexibility index (Phi) is 11.8. The molecule has 114 valence electrons. The maximum atomic E-state index is 10.5. The van der Waals surface area contributed by atoms with Crippen LogP contribution in [0.5, 0.6) is 0 Å². The molecule has 0 bridgehead atoms. The second-order valence-corrected chi connectivity index (χ2v) is 3.71. The first-order valence-corrected chi connectivity index (χ1v) is 5.28. The fraction of sp³-hybridized carbons (Fsp3) is 0.600. The molecule has 0 amide bonds. The van der Waals surface area contributed by atoms with Crippen LogP contribution in [0.15, 0.2) is 0 Å². The average molecular weight is 292 g/mol. The zero-order valence-electron chi connectivity index (χ0n) is 10.8. The molecule has 0 heterocycles. The van der Waals surface area contributed by atoms with Crippen molar-refractivity contribution in [1.29, 1.82) is 0 Å². The van der Waals surface area contributed by atoms with E-state index in [0.29, 0.717) is 0 Å². The lowest BCUT2D eigenvalue weighted by molar-refractivity contribution is -0.191. The molecule has 0 aliphatic rings. The van der Waals surface area contributed by atoms with Crippen LogP contribution in [-0.2, 0) is 24.0 Å². The summed E-state index contributed by atoms with van der Waals surface area (Å²) >= 11 is 0. The largest absolute Gasteiger partial charge is 0.480 e. The molecule has 3 N–H and O–H groups in total. The van der Waals surface area contributed by atoms with Crippen LogP contribution in [0.4, 0.5) is 0 Å². The summed E-state index contributed by atoms with van der Waals surface area (Å²) in [6, 6.07) is 0. The number of rotatable bonds is 9. The number of carbonyl (C=O) groups excluding carboxylic acids is 2. The molecule has 0 atom stereocenters. The molecule has 0 unspecified atom stereocenters. The number of aliphatic carboxylic acids is 3. The van der Waals surface area contributed by atoms with E-state index >= 15 is 0 Å². The van der Waals surface area contributed by atoms with Crippen molar-refractivity contribution in [3.63, 3.8) is 0 Å². The molecule has 0 saturated carbocycles. The van der Waals surface area contributed by atoms with Crippen molar-refractivity contribution in [2.24, 2.45) is 0 Å².